The first kappa shape index (κ1) is 27.6. The minimum Gasteiger partial charge on any atom is -0.497 e. The molecule has 1 aliphatic rings. The molecule has 0 spiro atoms. The maximum absolute atomic E-state index is 13.4. The average molecular weight is 547 g/mol. The molecule has 40 heavy (non-hydrogen) atoms. The maximum atomic E-state index is 13.4. The molecule has 0 radical (unpaired) electrons. The predicted molar refractivity (Wildman–Crippen MR) is 153 cm³/mol. The van der Waals surface area contributed by atoms with E-state index >= 15 is 0 Å². The smallest absolute Gasteiger partial charge is 0.252 e. The highest BCUT2D eigenvalue weighted by atomic mass is 16.5. The largest absolute Gasteiger partial charge is 0.497 e. The molecule has 2 heterocycles. The minimum absolute atomic E-state index is 0.0446. The summed E-state index contributed by atoms with van der Waals surface area (Å²) in [6.07, 6.45) is 6.60. The van der Waals surface area contributed by atoms with Crippen LogP contribution in [0.25, 0.3) is 10.9 Å². The lowest BCUT2D eigenvalue weighted by molar-refractivity contribution is 0.0844. The number of ether oxygens (including phenoxy) is 3. The number of fused-ring (bicyclic) bond motifs is 1. The minimum atomic E-state index is -0.104. The predicted octanol–water partition coefficient (Wildman–Crippen LogP) is 4.87. The van der Waals surface area contributed by atoms with Crippen molar-refractivity contribution in [2.45, 2.75) is 70.6 Å². The van der Waals surface area contributed by atoms with Crippen molar-refractivity contribution in [3.63, 3.8) is 0 Å². The van der Waals surface area contributed by atoms with E-state index in [-0.39, 0.29) is 11.6 Å². The van der Waals surface area contributed by atoms with Gasteiger partial charge in [-0.1, -0.05) is 38.3 Å². The van der Waals surface area contributed by atoms with Gasteiger partial charge >= 0.3 is 0 Å². The molecule has 212 valence electrons. The van der Waals surface area contributed by atoms with E-state index in [1.807, 2.05) is 41.1 Å². The fourth-order valence-electron chi connectivity index (χ4n) is 5.83. The van der Waals surface area contributed by atoms with Gasteiger partial charge in [0, 0.05) is 29.6 Å². The molecule has 10 heteroatoms. The Morgan fingerprint density at radius 1 is 1.00 bits per heavy atom. The Kier molecular flexibility index (Phi) is 8.64. The first-order chi connectivity index (χ1) is 19.5. The van der Waals surface area contributed by atoms with Gasteiger partial charge in [-0.25, -0.2) is 4.68 Å². The molecule has 4 aromatic rings. The van der Waals surface area contributed by atoms with Crippen LogP contribution in [0, 0.1) is 0 Å². The van der Waals surface area contributed by atoms with Gasteiger partial charge in [-0.2, -0.15) is 0 Å². The van der Waals surface area contributed by atoms with Crippen LogP contribution in [0.1, 0.15) is 68.4 Å². The quantitative estimate of drug-likeness (QED) is 0.284. The van der Waals surface area contributed by atoms with Crippen molar-refractivity contribution < 1.29 is 14.2 Å². The van der Waals surface area contributed by atoms with Gasteiger partial charge in [0.2, 0.25) is 0 Å². The molecule has 0 amide bonds. The van der Waals surface area contributed by atoms with Gasteiger partial charge in [-0.15, -0.1) is 5.10 Å². The van der Waals surface area contributed by atoms with Gasteiger partial charge in [-0.05, 0) is 59.5 Å². The maximum Gasteiger partial charge on any atom is 0.252 e. The number of pyridine rings is 1. The van der Waals surface area contributed by atoms with Gasteiger partial charge in [0.25, 0.3) is 5.56 Å². The second-order valence-electron chi connectivity index (χ2n) is 10.3. The molecule has 1 fully saturated rings. The summed E-state index contributed by atoms with van der Waals surface area (Å²) >= 11 is 0. The second-order valence-corrected chi connectivity index (χ2v) is 10.3. The number of hydrogen-bond acceptors (Lipinski definition) is 8. The number of benzene rings is 2. The van der Waals surface area contributed by atoms with E-state index in [4.69, 9.17) is 14.2 Å². The van der Waals surface area contributed by atoms with Gasteiger partial charge < -0.3 is 19.2 Å². The fourth-order valence-corrected chi connectivity index (χ4v) is 5.83. The molecule has 1 atom stereocenters. The molecule has 0 bridgehead atoms. The summed E-state index contributed by atoms with van der Waals surface area (Å²) in [4.78, 5) is 18.9. The van der Waals surface area contributed by atoms with Crippen molar-refractivity contribution in [2.75, 3.05) is 21.3 Å². The van der Waals surface area contributed by atoms with Crippen molar-refractivity contribution in [2.24, 2.45) is 0 Å². The van der Waals surface area contributed by atoms with E-state index in [0.29, 0.717) is 41.7 Å². The number of aromatic amines is 1. The van der Waals surface area contributed by atoms with E-state index in [9.17, 15) is 4.79 Å². The Balaban J connectivity index is 1.50. The summed E-state index contributed by atoms with van der Waals surface area (Å²) in [6, 6.07) is 13.9. The summed E-state index contributed by atoms with van der Waals surface area (Å²) < 4.78 is 18.1. The number of nitrogens with one attached hydrogen (secondary N) is 1. The van der Waals surface area contributed by atoms with E-state index in [1.165, 1.54) is 19.3 Å². The van der Waals surface area contributed by atoms with Crippen molar-refractivity contribution >= 4 is 10.9 Å². The van der Waals surface area contributed by atoms with Gasteiger partial charge in [0.1, 0.15) is 5.75 Å². The molecule has 0 saturated heterocycles. The third-order valence-corrected chi connectivity index (χ3v) is 7.96. The van der Waals surface area contributed by atoms with Gasteiger partial charge in [0.05, 0.1) is 39.4 Å². The molecule has 5 rings (SSSR count). The zero-order valence-electron chi connectivity index (χ0n) is 23.7. The monoisotopic (exact) mass is 546 g/mol. The van der Waals surface area contributed by atoms with E-state index in [2.05, 4.69) is 32.3 Å². The molecular formula is C30H38N6O4. The van der Waals surface area contributed by atoms with E-state index in [0.717, 1.165) is 41.8 Å². The lowest BCUT2D eigenvalue weighted by Gasteiger charge is -2.39. The summed E-state index contributed by atoms with van der Waals surface area (Å²) in [5.74, 6) is 2.83. The van der Waals surface area contributed by atoms with Crippen LogP contribution >= 0.6 is 0 Å². The van der Waals surface area contributed by atoms with Crippen LogP contribution in [-0.4, -0.2) is 57.5 Å². The number of methoxy groups -OCH3 is 3. The molecule has 1 saturated carbocycles. The first-order valence-corrected chi connectivity index (χ1v) is 14.0. The van der Waals surface area contributed by atoms with Crippen LogP contribution in [-0.2, 0) is 13.1 Å². The topological polar surface area (TPSA) is 107 Å². The van der Waals surface area contributed by atoms with Crippen molar-refractivity contribution in [1.29, 1.82) is 0 Å². The molecule has 2 aromatic heterocycles. The fraction of sp³-hybridized carbons (Fsp3) is 0.467. The Morgan fingerprint density at radius 3 is 2.40 bits per heavy atom. The highest BCUT2D eigenvalue weighted by molar-refractivity contribution is 5.83. The summed E-state index contributed by atoms with van der Waals surface area (Å²) in [5.41, 5.74) is 2.40. The molecular weight excluding hydrogens is 508 g/mol. The number of tetrazole rings is 1. The molecule has 0 unspecified atom stereocenters. The van der Waals surface area contributed by atoms with E-state index < -0.39 is 0 Å². The zero-order chi connectivity index (χ0) is 28.1. The molecule has 1 aliphatic carbocycles. The molecule has 1 N–H and O–H groups in total. The third kappa shape index (κ3) is 5.82. The molecule has 0 aliphatic heterocycles. The van der Waals surface area contributed by atoms with Crippen LogP contribution in [0.4, 0.5) is 0 Å². The second kappa shape index (κ2) is 12.5. The molecule has 10 nitrogen and oxygen atoms in total. The standard InChI is InChI=1S/C30H38N6O4/c1-5-26(29-32-33-34-36(29)18-20-11-13-24(38-2)14-12-20)35(23-9-7-6-8-10-23)19-22-15-21-16-27(39-3)28(40-4)17-25(21)31-30(22)37/h11-17,23,26H,5-10,18-19H2,1-4H3,(H,31,37)/t26-/m1/s1. The summed E-state index contributed by atoms with van der Waals surface area (Å²) in [7, 11) is 4.86. The van der Waals surface area contributed by atoms with Crippen LogP contribution < -0.4 is 19.8 Å². The van der Waals surface area contributed by atoms with Crippen LogP contribution in [0.15, 0.2) is 47.3 Å². The van der Waals surface area contributed by atoms with Gasteiger partial charge in [-0.3, -0.25) is 9.69 Å². The van der Waals surface area contributed by atoms with Crippen LogP contribution in [0.5, 0.6) is 17.2 Å². The molecule has 2 aromatic carbocycles. The summed E-state index contributed by atoms with van der Waals surface area (Å²) in [6.45, 7) is 3.21. The Hall–Kier alpha value is -3.92. The number of nitrogens with zero attached hydrogens (tertiary/aromatic N) is 5. The summed E-state index contributed by atoms with van der Waals surface area (Å²) in [5, 5.41) is 13.8. The number of H-pyrrole nitrogens is 1. The third-order valence-electron chi connectivity index (χ3n) is 7.96. The number of rotatable bonds is 11. The van der Waals surface area contributed by atoms with Gasteiger partial charge in [0.15, 0.2) is 17.3 Å². The highest BCUT2D eigenvalue weighted by Crippen LogP contribution is 2.34. The number of hydrogen-bond donors (Lipinski definition) is 1. The van der Waals surface area contributed by atoms with Crippen molar-refractivity contribution in [3.8, 4) is 17.2 Å². The Bertz CT molecular complexity index is 1480. The average Bonchev–Trinajstić information content (AvgIpc) is 3.45. The SMILES string of the molecule is CC[C@H](c1nnnn1Cc1ccc(OC)cc1)N(Cc1cc2cc(OC)c(OC)cc2[nH]c1=O)C1CCCCC1. The van der Waals surface area contributed by atoms with E-state index in [1.54, 1.807) is 27.4 Å². The van der Waals surface area contributed by atoms with Crippen LogP contribution in [0.2, 0.25) is 0 Å². The lowest BCUT2D eigenvalue weighted by atomic mass is 9.92. The highest BCUT2D eigenvalue weighted by Gasteiger charge is 2.32. The van der Waals surface area contributed by atoms with Crippen molar-refractivity contribution in [3.05, 3.63) is 69.8 Å². The normalized spacial score (nSPS) is 14.9. The first-order valence-electron chi connectivity index (χ1n) is 14.0. The lowest BCUT2D eigenvalue weighted by Crippen LogP contribution is -2.41. The zero-order valence-corrected chi connectivity index (χ0v) is 23.7. The van der Waals surface area contributed by atoms with Crippen LogP contribution in [0.3, 0.4) is 0 Å². The Labute approximate surface area is 234 Å². The Morgan fingerprint density at radius 2 is 1.73 bits per heavy atom. The van der Waals surface area contributed by atoms with Crippen molar-refractivity contribution in [1.82, 2.24) is 30.1 Å². The number of aromatic nitrogens is 5.